The predicted octanol–water partition coefficient (Wildman–Crippen LogP) is 3.65. The van der Waals surface area contributed by atoms with Crippen molar-refractivity contribution in [3.8, 4) is 0 Å². The third-order valence-electron chi connectivity index (χ3n) is 4.10. The maximum atomic E-state index is 5.97. The van der Waals surface area contributed by atoms with E-state index < -0.39 is 0 Å². The minimum Gasteiger partial charge on any atom is -0.382 e. The molecule has 0 bridgehead atoms. The Labute approximate surface area is 126 Å². The summed E-state index contributed by atoms with van der Waals surface area (Å²) < 4.78 is 0. The van der Waals surface area contributed by atoms with Crippen LogP contribution in [0.5, 0.6) is 0 Å². The smallest absolute Gasteiger partial charge is 0.0425 e. The lowest BCUT2D eigenvalue weighted by atomic mass is 9.91. The number of aryl methyl sites for hydroxylation is 1. The first kappa shape index (κ1) is 15.1. The van der Waals surface area contributed by atoms with Crippen molar-refractivity contribution in [2.45, 2.75) is 44.7 Å². The molecular formula is C16H22ClN3. The Morgan fingerprint density at radius 3 is 2.65 bits per heavy atom. The van der Waals surface area contributed by atoms with E-state index in [1.54, 1.807) is 0 Å². The van der Waals surface area contributed by atoms with Gasteiger partial charge in [0.2, 0.25) is 0 Å². The topological polar surface area (TPSA) is 50.9 Å². The normalized spacial score (nSPS) is 22.3. The van der Waals surface area contributed by atoms with Gasteiger partial charge >= 0.3 is 0 Å². The van der Waals surface area contributed by atoms with Crippen LogP contribution in [0.15, 0.2) is 30.6 Å². The standard InChI is InChI=1S/C16H21N3.ClH/c1-11-9-18-10-12-3-2-4-15(16(11)12)19-14-7-5-13(17)6-8-14;/h2-4,9-10,13-14,19H,5-8,17H2,1H3;1H. The molecule has 4 heteroatoms. The molecule has 0 amide bonds. The molecule has 0 unspecified atom stereocenters. The highest BCUT2D eigenvalue weighted by Crippen LogP contribution is 2.28. The van der Waals surface area contributed by atoms with Gasteiger partial charge in [-0.1, -0.05) is 12.1 Å². The summed E-state index contributed by atoms with van der Waals surface area (Å²) in [6, 6.07) is 7.34. The number of pyridine rings is 1. The molecule has 2 aromatic rings. The molecule has 3 rings (SSSR count). The van der Waals surface area contributed by atoms with E-state index in [-0.39, 0.29) is 12.4 Å². The van der Waals surface area contributed by atoms with Crippen LogP contribution in [0.1, 0.15) is 31.2 Å². The first-order valence-electron chi connectivity index (χ1n) is 7.09. The third kappa shape index (κ3) is 3.05. The maximum Gasteiger partial charge on any atom is 0.0425 e. The molecule has 0 aliphatic heterocycles. The van der Waals surface area contributed by atoms with Crippen LogP contribution < -0.4 is 11.1 Å². The molecule has 0 saturated heterocycles. The molecule has 1 saturated carbocycles. The minimum absolute atomic E-state index is 0. The van der Waals surface area contributed by atoms with E-state index in [0.29, 0.717) is 12.1 Å². The van der Waals surface area contributed by atoms with Gasteiger partial charge in [0, 0.05) is 40.9 Å². The van der Waals surface area contributed by atoms with Crippen LogP contribution in [-0.2, 0) is 0 Å². The number of aromatic nitrogens is 1. The zero-order chi connectivity index (χ0) is 13.2. The zero-order valence-corrected chi connectivity index (χ0v) is 12.6. The molecule has 108 valence electrons. The fraction of sp³-hybridized carbons (Fsp3) is 0.438. The third-order valence-corrected chi connectivity index (χ3v) is 4.10. The quantitative estimate of drug-likeness (QED) is 0.888. The molecule has 1 aromatic carbocycles. The molecule has 0 spiro atoms. The van der Waals surface area contributed by atoms with Crippen molar-refractivity contribution < 1.29 is 0 Å². The van der Waals surface area contributed by atoms with Crippen LogP contribution in [0, 0.1) is 6.92 Å². The molecule has 1 aromatic heterocycles. The molecule has 1 fully saturated rings. The molecule has 1 aliphatic rings. The van der Waals surface area contributed by atoms with Crippen LogP contribution in [0.25, 0.3) is 10.8 Å². The van der Waals surface area contributed by atoms with Gasteiger partial charge in [0.15, 0.2) is 0 Å². The van der Waals surface area contributed by atoms with Crippen molar-refractivity contribution in [1.29, 1.82) is 0 Å². The number of fused-ring (bicyclic) bond motifs is 1. The molecular weight excluding hydrogens is 270 g/mol. The van der Waals surface area contributed by atoms with E-state index in [4.69, 9.17) is 5.73 Å². The van der Waals surface area contributed by atoms with Gasteiger partial charge in [0.1, 0.15) is 0 Å². The summed E-state index contributed by atoms with van der Waals surface area (Å²) in [6.07, 6.45) is 8.46. The summed E-state index contributed by atoms with van der Waals surface area (Å²) in [5.74, 6) is 0. The van der Waals surface area contributed by atoms with Gasteiger partial charge in [-0.15, -0.1) is 12.4 Å². The van der Waals surface area contributed by atoms with Gasteiger partial charge in [-0.25, -0.2) is 0 Å². The number of anilines is 1. The Kier molecular flexibility index (Phi) is 4.84. The molecule has 20 heavy (non-hydrogen) atoms. The molecule has 1 heterocycles. The second kappa shape index (κ2) is 6.42. The van der Waals surface area contributed by atoms with Crippen molar-refractivity contribution in [3.05, 3.63) is 36.2 Å². The largest absolute Gasteiger partial charge is 0.382 e. The zero-order valence-electron chi connectivity index (χ0n) is 11.8. The number of hydrogen-bond acceptors (Lipinski definition) is 3. The average molecular weight is 292 g/mol. The Bertz CT molecular complexity index is 572. The van der Waals surface area contributed by atoms with E-state index in [1.807, 2.05) is 12.4 Å². The summed E-state index contributed by atoms with van der Waals surface area (Å²) in [7, 11) is 0. The fourth-order valence-electron chi connectivity index (χ4n) is 3.02. The number of hydrogen-bond donors (Lipinski definition) is 2. The van der Waals surface area contributed by atoms with E-state index in [9.17, 15) is 0 Å². The Morgan fingerprint density at radius 1 is 1.15 bits per heavy atom. The van der Waals surface area contributed by atoms with Crippen LogP contribution in [-0.4, -0.2) is 17.1 Å². The number of nitrogens with two attached hydrogens (primary N) is 1. The lowest BCUT2D eigenvalue weighted by molar-refractivity contribution is 0.411. The van der Waals surface area contributed by atoms with Crippen molar-refractivity contribution in [2.24, 2.45) is 5.73 Å². The van der Waals surface area contributed by atoms with Crippen molar-refractivity contribution in [1.82, 2.24) is 4.98 Å². The van der Waals surface area contributed by atoms with Gasteiger partial charge in [0.25, 0.3) is 0 Å². The Hall–Kier alpha value is -1.32. The Balaban J connectivity index is 0.00000147. The highest BCUT2D eigenvalue weighted by molar-refractivity contribution is 5.95. The van der Waals surface area contributed by atoms with E-state index in [1.165, 1.54) is 34.9 Å². The maximum absolute atomic E-state index is 5.97. The van der Waals surface area contributed by atoms with Crippen LogP contribution in [0.3, 0.4) is 0 Å². The fourth-order valence-corrected chi connectivity index (χ4v) is 3.02. The first-order chi connectivity index (χ1) is 9.24. The minimum atomic E-state index is 0. The summed E-state index contributed by atoms with van der Waals surface area (Å²) in [4.78, 5) is 4.27. The monoisotopic (exact) mass is 291 g/mol. The summed E-state index contributed by atoms with van der Waals surface area (Å²) in [5, 5.41) is 6.21. The van der Waals surface area contributed by atoms with Crippen LogP contribution in [0.2, 0.25) is 0 Å². The number of halogens is 1. The number of nitrogens with one attached hydrogen (secondary N) is 1. The molecule has 1 aliphatic carbocycles. The van der Waals surface area contributed by atoms with Crippen LogP contribution in [0.4, 0.5) is 5.69 Å². The van der Waals surface area contributed by atoms with Gasteiger partial charge in [-0.05, 0) is 44.2 Å². The lowest BCUT2D eigenvalue weighted by Crippen LogP contribution is -2.32. The van der Waals surface area contributed by atoms with E-state index in [2.05, 4.69) is 35.4 Å². The van der Waals surface area contributed by atoms with Crippen molar-refractivity contribution in [3.63, 3.8) is 0 Å². The van der Waals surface area contributed by atoms with Crippen LogP contribution >= 0.6 is 12.4 Å². The van der Waals surface area contributed by atoms with E-state index in [0.717, 1.165) is 12.8 Å². The number of rotatable bonds is 2. The Morgan fingerprint density at radius 2 is 1.90 bits per heavy atom. The lowest BCUT2D eigenvalue weighted by Gasteiger charge is -2.28. The van der Waals surface area contributed by atoms with Gasteiger partial charge < -0.3 is 11.1 Å². The van der Waals surface area contributed by atoms with Gasteiger partial charge in [-0.2, -0.15) is 0 Å². The molecule has 3 nitrogen and oxygen atoms in total. The van der Waals surface area contributed by atoms with Gasteiger partial charge in [0.05, 0.1) is 0 Å². The molecule has 3 N–H and O–H groups in total. The number of nitrogens with zero attached hydrogens (tertiary/aromatic N) is 1. The highest BCUT2D eigenvalue weighted by atomic mass is 35.5. The predicted molar refractivity (Wildman–Crippen MR) is 87.6 cm³/mol. The highest BCUT2D eigenvalue weighted by Gasteiger charge is 2.18. The summed E-state index contributed by atoms with van der Waals surface area (Å²) in [6.45, 7) is 2.12. The second-order valence-corrected chi connectivity index (χ2v) is 5.62. The second-order valence-electron chi connectivity index (χ2n) is 5.62. The molecule has 0 radical (unpaired) electrons. The molecule has 0 atom stereocenters. The van der Waals surface area contributed by atoms with Gasteiger partial charge in [-0.3, -0.25) is 4.98 Å². The van der Waals surface area contributed by atoms with Crippen molar-refractivity contribution in [2.75, 3.05) is 5.32 Å². The van der Waals surface area contributed by atoms with Crippen molar-refractivity contribution >= 4 is 28.9 Å². The number of benzene rings is 1. The first-order valence-corrected chi connectivity index (χ1v) is 7.09. The average Bonchev–Trinajstić information content (AvgIpc) is 2.42. The van der Waals surface area contributed by atoms with E-state index >= 15 is 0 Å². The SMILES string of the molecule is Cc1cncc2cccc(NC3CCC(N)CC3)c12.Cl. The summed E-state index contributed by atoms with van der Waals surface area (Å²) in [5.41, 5.74) is 8.43. The summed E-state index contributed by atoms with van der Waals surface area (Å²) >= 11 is 0.